The van der Waals surface area contributed by atoms with Gasteiger partial charge in [0.1, 0.15) is 6.10 Å². The van der Waals surface area contributed by atoms with E-state index in [2.05, 4.69) is 55.4 Å². The monoisotopic (exact) mass is 409 g/mol. The van der Waals surface area contributed by atoms with E-state index < -0.39 is 0 Å². The number of benzene rings is 3. The van der Waals surface area contributed by atoms with E-state index in [-0.39, 0.29) is 17.4 Å². The van der Waals surface area contributed by atoms with E-state index in [1.54, 1.807) is 0 Å². The van der Waals surface area contributed by atoms with E-state index in [9.17, 15) is 0 Å². The molecule has 0 saturated heterocycles. The van der Waals surface area contributed by atoms with Gasteiger partial charge in [0.05, 0.1) is 11.1 Å². The molecule has 1 aliphatic heterocycles. The molecule has 1 aliphatic rings. The van der Waals surface area contributed by atoms with E-state index in [1.807, 2.05) is 42.5 Å². The van der Waals surface area contributed by atoms with E-state index >= 15 is 0 Å². The Morgan fingerprint density at radius 2 is 1.29 bits per heavy atom. The van der Waals surface area contributed by atoms with Gasteiger partial charge in [0.2, 0.25) is 0 Å². The second-order valence-corrected chi connectivity index (χ2v) is 8.51. The third-order valence-electron chi connectivity index (χ3n) is 5.39. The molecular formula is C24H21Cl2NO. The summed E-state index contributed by atoms with van der Waals surface area (Å²) >= 11 is 12.3. The molecule has 3 aromatic carbocycles. The van der Waals surface area contributed by atoms with Crippen LogP contribution >= 0.6 is 23.2 Å². The van der Waals surface area contributed by atoms with Gasteiger partial charge >= 0.3 is 0 Å². The molecule has 0 fully saturated rings. The van der Waals surface area contributed by atoms with Crippen LogP contribution in [0, 0.1) is 5.41 Å². The highest BCUT2D eigenvalue weighted by atomic mass is 35.5. The fraction of sp³-hybridized carbons (Fsp3) is 0.208. The first-order valence-electron chi connectivity index (χ1n) is 9.27. The van der Waals surface area contributed by atoms with Crippen molar-refractivity contribution < 1.29 is 4.84 Å². The Labute approximate surface area is 175 Å². The van der Waals surface area contributed by atoms with E-state index in [1.165, 1.54) is 0 Å². The molecule has 0 radical (unpaired) electrons. The second kappa shape index (κ2) is 7.62. The summed E-state index contributed by atoms with van der Waals surface area (Å²) < 4.78 is 0. The van der Waals surface area contributed by atoms with Gasteiger partial charge in [-0.2, -0.15) is 0 Å². The zero-order valence-corrected chi connectivity index (χ0v) is 17.3. The van der Waals surface area contributed by atoms with Gasteiger partial charge in [0.25, 0.3) is 0 Å². The van der Waals surface area contributed by atoms with Crippen molar-refractivity contribution >= 4 is 28.9 Å². The van der Waals surface area contributed by atoms with Crippen LogP contribution in [0.3, 0.4) is 0 Å². The van der Waals surface area contributed by atoms with Gasteiger partial charge in [0.15, 0.2) is 0 Å². The Balaban J connectivity index is 1.77. The lowest BCUT2D eigenvalue weighted by Gasteiger charge is -2.33. The van der Waals surface area contributed by atoms with Crippen LogP contribution in [-0.4, -0.2) is 11.8 Å². The topological polar surface area (TPSA) is 21.6 Å². The summed E-state index contributed by atoms with van der Waals surface area (Å²) in [5.74, 6) is -0.00510. The molecule has 0 aliphatic carbocycles. The van der Waals surface area contributed by atoms with Gasteiger partial charge in [0, 0.05) is 16.0 Å². The Morgan fingerprint density at radius 1 is 0.786 bits per heavy atom. The van der Waals surface area contributed by atoms with Gasteiger partial charge < -0.3 is 4.84 Å². The molecule has 4 heteroatoms. The minimum atomic E-state index is -0.286. The molecule has 2 nitrogen and oxygen atoms in total. The molecule has 0 saturated carbocycles. The summed E-state index contributed by atoms with van der Waals surface area (Å²) in [4.78, 5) is 6.09. The maximum absolute atomic E-state index is 6.13. The average Bonchev–Trinajstić information content (AvgIpc) is 3.00. The maximum atomic E-state index is 6.13. The normalized spacial score (nSPS) is 18.0. The number of halogens is 2. The largest absolute Gasteiger partial charge is 0.390 e. The summed E-state index contributed by atoms with van der Waals surface area (Å²) in [7, 11) is 0. The lowest BCUT2D eigenvalue weighted by molar-refractivity contribution is 0.0247. The lowest BCUT2D eigenvalue weighted by atomic mass is 9.71. The average molecular weight is 410 g/mol. The first kappa shape index (κ1) is 19.0. The van der Waals surface area contributed by atoms with E-state index in [0.29, 0.717) is 10.0 Å². The highest BCUT2D eigenvalue weighted by molar-refractivity contribution is 6.30. The molecule has 0 N–H and O–H groups in total. The number of hydrogen-bond donors (Lipinski definition) is 0. The van der Waals surface area contributed by atoms with Gasteiger partial charge in [-0.15, -0.1) is 0 Å². The predicted molar refractivity (Wildman–Crippen MR) is 116 cm³/mol. The third kappa shape index (κ3) is 3.55. The van der Waals surface area contributed by atoms with Crippen molar-refractivity contribution in [1.82, 2.24) is 0 Å². The molecule has 28 heavy (non-hydrogen) atoms. The molecule has 0 bridgehead atoms. The molecule has 142 valence electrons. The van der Waals surface area contributed by atoms with Crippen molar-refractivity contribution in [3.05, 3.63) is 106 Å². The Hall–Kier alpha value is -2.29. The molecule has 0 amide bonds. The quantitative estimate of drug-likeness (QED) is 0.456. The molecule has 3 aromatic rings. The Bertz CT molecular complexity index is 934. The number of oxime groups is 1. The van der Waals surface area contributed by atoms with Crippen LogP contribution in [-0.2, 0) is 4.84 Å². The van der Waals surface area contributed by atoms with Gasteiger partial charge in [-0.05, 0) is 41.0 Å². The fourth-order valence-electron chi connectivity index (χ4n) is 3.87. The predicted octanol–water partition coefficient (Wildman–Crippen LogP) is 6.95. The standard InChI is InChI=1S/C24H21Cl2NO/c1-24(2)22(18-6-4-3-5-7-18)27-28-23(24)21(16-8-12-19(25)13-9-16)17-10-14-20(26)15-11-17/h3-15,21,23H,1-2H3. The summed E-state index contributed by atoms with van der Waals surface area (Å²) in [6.07, 6.45) is -0.162. The molecule has 0 spiro atoms. The molecule has 0 aromatic heterocycles. The molecule has 1 atom stereocenters. The van der Waals surface area contributed by atoms with Crippen LogP contribution in [0.15, 0.2) is 84.0 Å². The van der Waals surface area contributed by atoms with Crippen LogP contribution in [0.1, 0.15) is 36.5 Å². The van der Waals surface area contributed by atoms with Gasteiger partial charge in [-0.25, -0.2) is 0 Å². The van der Waals surface area contributed by atoms with Crippen LogP contribution in [0.4, 0.5) is 0 Å². The van der Waals surface area contributed by atoms with Crippen molar-refractivity contribution in [2.24, 2.45) is 10.6 Å². The number of nitrogens with zero attached hydrogens (tertiary/aromatic N) is 1. The number of hydrogen-bond acceptors (Lipinski definition) is 2. The van der Waals surface area contributed by atoms with E-state index in [0.717, 1.165) is 22.4 Å². The lowest BCUT2D eigenvalue weighted by Crippen LogP contribution is -2.38. The summed E-state index contributed by atoms with van der Waals surface area (Å²) in [5, 5.41) is 5.94. The molecule has 4 rings (SSSR count). The molecule has 1 heterocycles. The summed E-state index contributed by atoms with van der Waals surface area (Å²) in [6, 6.07) is 26.1. The van der Waals surface area contributed by atoms with Crippen LogP contribution in [0.2, 0.25) is 10.0 Å². The van der Waals surface area contributed by atoms with Crippen LogP contribution in [0.5, 0.6) is 0 Å². The summed E-state index contributed by atoms with van der Waals surface area (Å²) in [5.41, 5.74) is 4.03. The van der Waals surface area contributed by atoms with Crippen molar-refractivity contribution in [2.75, 3.05) is 0 Å². The van der Waals surface area contributed by atoms with Crippen molar-refractivity contribution in [3.8, 4) is 0 Å². The minimum Gasteiger partial charge on any atom is -0.390 e. The van der Waals surface area contributed by atoms with Crippen molar-refractivity contribution in [3.63, 3.8) is 0 Å². The van der Waals surface area contributed by atoms with Crippen molar-refractivity contribution in [1.29, 1.82) is 0 Å². The van der Waals surface area contributed by atoms with Crippen LogP contribution < -0.4 is 0 Å². The van der Waals surface area contributed by atoms with Crippen molar-refractivity contribution in [2.45, 2.75) is 25.9 Å². The Morgan fingerprint density at radius 3 is 1.79 bits per heavy atom. The molecular weight excluding hydrogens is 389 g/mol. The summed E-state index contributed by atoms with van der Waals surface area (Å²) in [6.45, 7) is 4.38. The van der Waals surface area contributed by atoms with E-state index in [4.69, 9.17) is 28.0 Å². The number of rotatable bonds is 4. The zero-order valence-electron chi connectivity index (χ0n) is 15.8. The SMILES string of the molecule is CC1(C)C(c2ccccc2)=NOC1C(c1ccc(Cl)cc1)c1ccc(Cl)cc1. The first-order chi connectivity index (χ1) is 13.5. The second-order valence-electron chi connectivity index (χ2n) is 7.63. The van der Waals surface area contributed by atoms with Gasteiger partial charge in [-0.1, -0.05) is 96.8 Å². The smallest absolute Gasteiger partial charge is 0.149 e. The Kier molecular flexibility index (Phi) is 5.18. The highest BCUT2D eigenvalue weighted by Crippen LogP contribution is 2.45. The molecule has 1 unspecified atom stereocenters. The fourth-order valence-corrected chi connectivity index (χ4v) is 4.13. The third-order valence-corrected chi connectivity index (χ3v) is 5.89. The highest BCUT2D eigenvalue weighted by Gasteiger charge is 2.47. The maximum Gasteiger partial charge on any atom is 0.149 e. The first-order valence-corrected chi connectivity index (χ1v) is 10.0. The zero-order chi connectivity index (χ0) is 19.7. The van der Waals surface area contributed by atoms with Gasteiger partial charge in [-0.3, -0.25) is 0 Å². The minimum absolute atomic E-state index is 0.00510. The van der Waals surface area contributed by atoms with Crippen LogP contribution in [0.25, 0.3) is 0 Å².